The molecule has 3 amide bonds. The number of alkyl carbamates (subject to hydrolysis) is 1. The molecular formula is C45H53N3O10. The third kappa shape index (κ3) is 14.4. The molecule has 1 aliphatic heterocycles. The Morgan fingerprint density at radius 1 is 0.655 bits per heavy atom. The van der Waals surface area contributed by atoms with Gasteiger partial charge in [0.1, 0.15) is 42.6 Å². The lowest BCUT2D eigenvalue weighted by Gasteiger charge is -2.46. The highest BCUT2D eigenvalue weighted by Gasteiger charge is 2.49. The van der Waals surface area contributed by atoms with Crippen molar-refractivity contribution >= 4 is 23.9 Å². The molecule has 0 aliphatic carbocycles. The van der Waals surface area contributed by atoms with Crippen LogP contribution in [0, 0.1) is 0 Å². The zero-order chi connectivity index (χ0) is 41.3. The second-order valence-electron chi connectivity index (χ2n) is 14.9. The molecule has 13 heteroatoms. The van der Waals surface area contributed by atoms with Gasteiger partial charge in [-0.3, -0.25) is 9.59 Å². The molecule has 1 fully saturated rings. The highest BCUT2D eigenvalue weighted by atomic mass is 16.6. The van der Waals surface area contributed by atoms with E-state index in [2.05, 4.69) is 16.0 Å². The largest absolute Gasteiger partial charge is 0.459 e. The van der Waals surface area contributed by atoms with Crippen LogP contribution in [0.2, 0.25) is 0 Å². The van der Waals surface area contributed by atoms with Crippen molar-refractivity contribution in [2.75, 3.05) is 6.61 Å². The average molecular weight is 796 g/mol. The fourth-order valence-corrected chi connectivity index (χ4v) is 6.27. The molecule has 0 saturated carbocycles. The first-order chi connectivity index (χ1) is 27.9. The third-order valence-electron chi connectivity index (χ3n) is 8.92. The average Bonchev–Trinajstić information content (AvgIpc) is 3.20. The van der Waals surface area contributed by atoms with Crippen molar-refractivity contribution in [3.63, 3.8) is 0 Å². The van der Waals surface area contributed by atoms with Crippen LogP contribution in [-0.2, 0) is 69.2 Å². The Bertz CT molecular complexity index is 1880. The monoisotopic (exact) mass is 795 g/mol. The number of esters is 1. The summed E-state index contributed by atoms with van der Waals surface area (Å²) in [6, 6.07) is 35.4. The van der Waals surface area contributed by atoms with Gasteiger partial charge in [-0.1, -0.05) is 121 Å². The van der Waals surface area contributed by atoms with Crippen LogP contribution in [0.4, 0.5) is 4.79 Å². The first-order valence-corrected chi connectivity index (χ1v) is 19.3. The molecule has 4 aromatic carbocycles. The first kappa shape index (κ1) is 43.5. The Labute approximate surface area is 339 Å². The number of nitrogens with one attached hydrogen (secondary N) is 3. The maximum Gasteiger partial charge on any atom is 0.408 e. The SMILES string of the molecule is CC(=O)NC1C(NC(=O)CC(NC(=O)OC(C)(C)C)C(=O)OCc2ccccc2)OC(COCc2ccccc2)C(OCc2ccccc2)C1OCc1ccccc1. The van der Waals surface area contributed by atoms with Crippen LogP contribution >= 0.6 is 0 Å². The van der Waals surface area contributed by atoms with Gasteiger partial charge in [0, 0.05) is 6.92 Å². The van der Waals surface area contributed by atoms with Gasteiger partial charge in [0.25, 0.3) is 0 Å². The Kier molecular flexibility index (Phi) is 16.4. The molecule has 1 heterocycles. The van der Waals surface area contributed by atoms with E-state index in [-0.39, 0.29) is 33.0 Å². The lowest BCUT2D eigenvalue weighted by Crippen LogP contribution is -2.69. The van der Waals surface area contributed by atoms with Crippen molar-refractivity contribution < 1.29 is 47.6 Å². The molecule has 6 atom stereocenters. The number of benzene rings is 4. The van der Waals surface area contributed by atoms with Crippen LogP contribution in [0.5, 0.6) is 0 Å². The highest BCUT2D eigenvalue weighted by Crippen LogP contribution is 2.28. The van der Waals surface area contributed by atoms with Crippen LogP contribution in [0.1, 0.15) is 56.4 Å². The number of ether oxygens (including phenoxy) is 6. The van der Waals surface area contributed by atoms with E-state index >= 15 is 0 Å². The summed E-state index contributed by atoms with van der Waals surface area (Å²) in [7, 11) is 0. The molecule has 4 aromatic rings. The first-order valence-electron chi connectivity index (χ1n) is 19.3. The molecule has 308 valence electrons. The molecule has 5 rings (SSSR count). The predicted molar refractivity (Wildman–Crippen MR) is 215 cm³/mol. The number of hydrogen-bond donors (Lipinski definition) is 3. The Morgan fingerprint density at radius 2 is 1.14 bits per heavy atom. The Morgan fingerprint density at radius 3 is 1.64 bits per heavy atom. The van der Waals surface area contributed by atoms with Crippen LogP contribution < -0.4 is 16.0 Å². The number of carbonyl (C=O) groups is 4. The van der Waals surface area contributed by atoms with Gasteiger partial charge < -0.3 is 44.4 Å². The Hall–Kier alpha value is -5.60. The van der Waals surface area contributed by atoms with Crippen LogP contribution in [0.15, 0.2) is 121 Å². The maximum atomic E-state index is 14.0. The van der Waals surface area contributed by atoms with Crippen molar-refractivity contribution in [3.8, 4) is 0 Å². The lowest BCUT2D eigenvalue weighted by molar-refractivity contribution is -0.237. The van der Waals surface area contributed by atoms with Gasteiger partial charge in [0.15, 0.2) is 6.23 Å². The van der Waals surface area contributed by atoms with E-state index in [9.17, 15) is 19.2 Å². The van der Waals surface area contributed by atoms with Gasteiger partial charge in [0.05, 0.1) is 32.8 Å². The van der Waals surface area contributed by atoms with E-state index in [0.717, 1.165) is 22.3 Å². The van der Waals surface area contributed by atoms with Gasteiger partial charge >= 0.3 is 12.1 Å². The highest BCUT2D eigenvalue weighted by molar-refractivity contribution is 5.88. The van der Waals surface area contributed by atoms with Gasteiger partial charge in [-0.05, 0) is 43.0 Å². The van der Waals surface area contributed by atoms with E-state index in [1.807, 2.05) is 97.1 Å². The minimum atomic E-state index is -1.43. The third-order valence-corrected chi connectivity index (χ3v) is 8.92. The molecule has 3 N–H and O–H groups in total. The van der Waals surface area contributed by atoms with Crippen LogP contribution in [0.3, 0.4) is 0 Å². The molecule has 1 aliphatic rings. The van der Waals surface area contributed by atoms with Gasteiger partial charge in [-0.25, -0.2) is 9.59 Å². The fraction of sp³-hybridized carbons (Fsp3) is 0.378. The van der Waals surface area contributed by atoms with Crippen LogP contribution in [0.25, 0.3) is 0 Å². The van der Waals surface area contributed by atoms with Gasteiger partial charge in [-0.15, -0.1) is 0 Å². The van der Waals surface area contributed by atoms with E-state index in [1.54, 1.807) is 45.0 Å². The minimum absolute atomic E-state index is 0.0351. The molecule has 0 bridgehead atoms. The predicted octanol–water partition coefficient (Wildman–Crippen LogP) is 5.75. The molecule has 58 heavy (non-hydrogen) atoms. The van der Waals surface area contributed by atoms with Gasteiger partial charge in [0.2, 0.25) is 11.8 Å². The fourth-order valence-electron chi connectivity index (χ4n) is 6.27. The number of hydrogen-bond acceptors (Lipinski definition) is 10. The lowest BCUT2D eigenvalue weighted by atomic mass is 9.94. The quantitative estimate of drug-likeness (QED) is 0.106. The van der Waals surface area contributed by atoms with E-state index in [0.29, 0.717) is 0 Å². The second kappa shape index (κ2) is 21.8. The van der Waals surface area contributed by atoms with Crippen molar-refractivity contribution in [3.05, 3.63) is 144 Å². The van der Waals surface area contributed by atoms with Crippen molar-refractivity contribution in [1.29, 1.82) is 0 Å². The van der Waals surface area contributed by atoms with E-state index < -0.39 is 72.5 Å². The normalized spacial score (nSPS) is 19.6. The van der Waals surface area contributed by atoms with Crippen molar-refractivity contribution in [1.82, 2.24) is 16.0 Å². The topological polar surface area (TPSA) is 160 Å². The molecule has 0 radical (unpaired) electrons. The standard InChI is InChI=1S/C45H53N3O10/c1-31(49)46-39-41(55-28-34-21-13-7-14-22-34)40(54-27-33-19-11-6-12-20-33)37(30-53-26-32-17-9-5-10-18-32)57-42(39)48-38(50)25-36(47-44(52)58-45(2,3)4)43(51)56-29-35-23-15-8-16-24-35/h5-24,36-37,39-42H,25-30H2,1-4H3,(H,46,49)(H,47,52)(H,48,50). The maximum absolute atomic E-state index is 14.0. The molecule has 0 spiro atoms. The van der Waals surface area contributed by atoms with E-state index in [4.69, 9.17) is 28.4 Å². The summed E-state index contributed by atoms with van der Waals surface area (Å²) in [5.41, 5.74) is 2.57. The summed E-state index contributed by atoms with van der Waals surface area (Å²) in [4.78, 5) is 53.1. The Balaban J connectivity index is 1.41. The smallest absolute Gasteiger partial charge is 0.408 e. The van der Waals surface area contributed by atoms with Crippen molar-refractivity contribution in [2.45, 2.75) is 103 Å². The summed E-state index contributed by atoms with van der Waals surface area (Å²) >= 11 is 0. The minimum Gasteiger partial charge on any atom is -0.459 e. The number of carbonyl (C=O) groups excluding carboxylic acids is 4. The molecule has 6 unspecified atom stereocenters. The summed E-state index contributed by atoms with van der Waals surface area (Å²) in [6.07, 6.45) is -5.12. The van der Waals surface area contributed by atoms with Crippen molar-refractivity contribution in [2.24, 2.45) is 0 Å². The van der Waals surface area contributed by atoms with Crippen LogP contribution in [-0.4, -0.2) is 72.7 Å². The summed E-state index contributed by atoms with van der Waals surface area (Å²) in [5, 5.41) is 8.26. The molecule has 1 saturated heterocycles. The zero-order valence-corrected chi connectivity index (χ0v) is 33.3. The number of amides is 3. The molecule has 13 nitrogen and oxygen atoms in total. The summed E-state index contributed by atoms with van der Waals surface area (Å²) in [5.74, 6) is -1.94. The number of rotatable bonds is 18. The van der Waals surface area contributed by atoms with E-state index in [1.165, 1.54) is 6.92 Å². The molecule has 0 aromatic heterocycles. The second-order valence-corrected chi connectivity index (χ2v) is 14.9. The summed E-state index contributed by atoms with van der Waals surface area (Å²) < 4.78 is 36.9. The summed E-state index contributed by atoms with van der Waals surface area (Å²) in [6.45, 7) is 6.96. The van der Waals surface area contributed by atoms with Gasteiger partial charge in [-0.2, -0.15) is 0 Å². The zero-order valence-electron chi connectivity index (χ0n) is 33.3. The molecular weight excluding hydrogens is 743 g/mol.